The van der Waals surface area contributed by atoms with E-state index in [1.807, 2.05) is 39.0 Å². The summed E-state index contributed by atoms with van der Waals surface area (Å²) in [5, 5.41) is 16.6. The third kappa shape index (κ3) is 5.32. The number of H-pyrrole nitrogens is 1. The molecule has 0 saturated heterocycles. The van der Waals surface area contributed by atoms with E-state index in [1.54, 1.807) is 26.1 Å². The highest BCUT2D eigenvalue weighted by Crippen LogP contribution is 2.33. The number of benzene rings is 1. The minimum atomic E-state index is -1.00. The van der Waals surface area contributed by atoms with Gasteiger partial charge >= 0.3 is 12.0 Å². The first-order valence-corrected chi connectivity index (χ1v) is 10.2. The van der Waals surface area contributed by atoms with Crippen molar-refractivity contribution in [1.82, 2.24) is 20.2 Å². The lowest BCUT2D eigenvalue weighted by Gasteiger charge is -2.19. The van der Waals surface area contributed by atoms with Crippen LogP contribution in [0.2, 0.25) is 5.02 Å². The van der Waals surface area contributed by atoms with Gasteiger partial charge in [-0.2, -0.15) is 4.98 Å². The Labute approximate surface area is 185 Å². The first-order valence-electron chi connectivity index (χ1n) is 9.79. The van der Waals surface area contributed by atoms with E-state index in [4.69, 9.17) is 21.1 Å². The smallest absolute Gasteiger partial charge is 0.336 e. The second-order valence-electron chi connectivity index (χ2n) is 8.14. The Morgan fingerprint density at radius 2 is 2.00 bits per heavy atom. The predicted molar refractivity (Wildman–Crippen MR) is 117 cm³/mol. The molecule has 0 aliphatic rings. The van der Waals surface area contributed by atoms with Crippen molar-refractivity contribution >= 4 is 17.6 Å². The number of pyridine rings is 1. The van der Waals surface area contributed by atoms with E-state index in [9.17, 15) is 9.90 Å². The average Bonchev–Trinajstić information content (AvgIpc) is 3.13. The normalized spacial score (nSPS) is 11.6. The van der Waals surface area contributed by atoms with E-state index in [2.05, 4.69) is 20.2 Å². The number of carbonyl (C=O) groups is 1. The monoisotopic (exact) mass is 444 g/mol. The maximum atomic E-state index is 11.2. The zero-order valence-electron chi connectivity index (χ0n) is 18.1. The largest absolute Gasteiger partial charge is 0.481 e. The standard InChI is InChI=1S/C22H25ClN4O4/c1-12(2)31-21-25-19(26-27-21)15-7-6-14(9-17(15)23)16-10-24-18(8-13(16)3)30-11-22(4,5)20(28)29/h6-10,12H,11H2,1-5H3,(H,28,29)(H,25,26,27). The maximum absolute atomic E-state index is 11.2. The second kappa shape index (κ2) is 8.93. The van der Waals surface area contributed by atoms with Crippen LogP contribution in [0, 0.1) is 12.3 Å². The Kier molecular flexibility index (Phi) is 6.50. The lowest BCUT2D eigenvalue weighted by Crippen LogP contribution is -2.30. The summed E-state index contributed by atoms with van der Waals surface area (Å²) in [7, 11) is 0. The molecule has 0 bridgehead atoms. The second-order valence-corrected chi connectivity index (χ2v) is 8.55. The molecule has 2 heterocycles. The highest BCUT2D eigenvalue weighted by Gasteiger charge is 2.28. The molecule has 2 aromatic heterocycles. The predicted octanol–water partition coefficient (Wildman–Crippen LogP) is 4.77. The first-order chi connectivity index (χ1) is 14.6. The maximum Gasteiger partial charge on any atom is 0.336 e. The topological polar surface area (TPSA) is 110 Å². The number of ether oxygens (including phenoxy) is 2. The van der Waals surface area contributed by atoms with Gasteiger partial charge in [-0.3, -0.25) is 9.89 Å². The van der Waals surface area contributed by atoms with E-state index in [1.165, 1.54) is 0 Å². The van der Waals surface area contributed by atoms with Crippen molar-refractivity contribution in [2.45, 2.75) is 40.7 Å². The van der Waals surface area contributed by atoms with E-state index < -0.39 is 11.4 Å². The van der Waals surface area contributed by atoms with E-state index in [-0.39, 0.29) is 18.7 Å². The van der Waals surface area contributed by atoms with Crippen molar-refractivity contribution in [2.75, 3.05) is 6.61 Å². The number of hydrogen-bond acceptors (Lipinski definition) is 6. The molecule has 3 aromatic rings. The van der Waals surface area contributed by atoms with Crippen LogP contribution in [-0.2, 0) is 4.79 Å². The molecule has 1 aromatic carbocycles. The Hall–Kier alpha value is -3.13. The van der Waals surface area contributed by atoms with Gasteiger partial charge in [-0.1, -0.05) is 17.7 Å². The molecule has 9 heteroatoms. The number of carboxylic acid groups (broad SMARTS) is 1. The fraction of sp³-hybridized carbons (Fsp3) is 0.364. The number of aromatic nitrogens is 4. The highest BCUT2D eigenvalue weighted by atomic mass is 35.5. The molecule has 0 radical (unpaired) electrons. The Balaban J connectivity index is 1.79. The van der Waals surface area contributed by atoms with Gasteiger partial charge in [-0.15, -0.1) is 5.10 Å². The SMILES string of the molecule is Cc1cc(OCC(C)(C)C(=O)O)ncc1-c1ccc(-c2nc(OC(C)C)n[nH]2)c(Cl)c1. The summed E-state index contributed by atoms with van der Waals surface area (Å²) in [6.07, 6.45) is 1.66. The summed E-state index contributed by atoms with van der Waals surface area (Å²) in [4.78, 5) is 19.9. The fourth-order valence-electron chi connectivity index (χ4n) is 2.73. The number of aromatic amines is 1. The first kappa shape index (κ1) is 22.6. The summed E-state index contributed by atoms with van der Waals surface area (Å²) in [5.74, 6) is -0.0327. The summed E-state index contributed by atoms with van der Waals surface area (Å²) >= 11 is 6.51. The molecule has 0 fully saturated rings. The number of aliphatic carboxylic acids is 1. The van der Waals surface area contributed by atoms with Crippen molar-refractivity contribution in [3.8, 4) is 34.4 Å². The minimum absolute atomic E-state index is 0.0222. The molecular formula is C22H25ClN4O4. The molecule has 164 valence electrons. The van der Waals surface area contributed by atoms with Crippen molar-refractivity contribution in [2.24, 2.45) is 5.41 Å². The van der Waals surface area contributed by atoms with Crippen LogP contribution in [0.4, 0.5) is 0 Å². The van der Waals surface area contributed by atoms with E-state index in [0.29, 0.717) is 22.3 Å². The van der Waals surface area contributed by atoms with Crippen LogP contribution in [0.5, 0.6) is 11.9 Å². The third-order valence-corrected chi connectivity index (χ3v) is 4.90. The molecule has 0 aliphatic heterocycles. The van der Waals surface area contributed by atoms with Crippen LogP contribution < -0.4 is 9.47 Å². The number of aryl methyl sites for hydroxylation is 1. The zero-order valence-corrected chi connectivity index (χ0v) is 18.8. The summed E-state index contributed by atoms with van der Waals surface area (Å²) in [6, 6.07) is 7.66. The number of hydrogen-bond donors (Lipinski definition) is 2. The van der Waals surface area contributed by atoms with Gasteiger partial charge in [0.25, 0.3) is 0 Å². The van der Waals surface area contributed by atoms with Crippen molar-refractivity contribution in [3.05, 3.63) is 41.0 Å². The van der Waals surface area contributed by atoms with Gasteiger partial charge in [0.15, 0.2) is 5.82 Å². The number of nitrogens with zero attached hydrogens (tertiary/aromatic N) is 3. The lowest BCUT2D eigenvalue weighted by atomic mass is 9.95. The molecule has 8 nitrogen and oxygen atoms in total. The van der Waals surface area contributed by atoms with E-state index in [0.717, 1.165) is 16.7 Å². The fourth-order valence-corrected chi connectivity index (χ4v) is 3.00. The summed E-state index contributed by atoms with van der Waals surface area (Å²) in [5.41, 5.74) is 2.40. The van der Waals surface area contributed by atoms with E-state index >= 15 is 0 Å². The lowest BCUT2D eigenvalue weighted by molar-refractivity contribution is -0.148. The third-order valence-electron chi connectivity index (χ3n) is 4.59. The molecule has 0 saturated carbocycles. The molecule has 0 aliphatic carbocycles. The Morgan fingerprint density at radius 1 is 1.26 bits per heavy atom. The molecule has 2 N–H and O–H groups in total. The number of nitrogens with one attached hydrogen (secondary N) is 1. The molecule has 0 unspecified atom stereocenters. The van der Waals surface area contributed by atoms with Gasteiger partial charge < -0.3 is 14.6 Å². The molecule has 0 amide bonds. The minimum Gasteiger partial charge on any atom is -0.481 e. The van der Waals surface area contributed by atoms with Gasteiger partial charge in [0.05, 0.1) is 16.5 Å². The van der Waals surface area contributed by atoms with Gasteiger partial charge in [-0.25, -0.2) is 4.98 Å². The highest BCUT2D eigenvalue weighted by molar-refractivity contribution is 6.33. The van der Waals surface area contributed by atoms with Gasteiger partial charge in [0, 0.05) is 23.4 Å². The Morgan fingerprint density at radius 3 is 2.61 bits per heavy atom. The van der Waals surface area contributed by atoms with Gasteiger partial charge in [0.1, 0.15) is 6.61 Å². The van der Waals surface area contributed by atoms with Crippen LogP contribution in [0.25, 0.3) is 22.5 Å². The van der Waals surface area contributed by atoms with Crippen molar-refractivity contribution < 1.29 is 19.4 Å². The van der Waals surface area contributed by atoms with Crippen LogP contribution in [0.1, 0.15) is 33.3 Å². The molecule has 31 heavy (non-hydrogen) atoms. The van der Waals surface area contributed by atoms with Gasteiger partial charge in [0.2, 0.25) is 5.88 Å². The van der Waals surface area contributed by atoms with Crippen molar-refractivity contribution in [1.29, 1.82) is 0 Å². The van der Waals surface area contributed by atoms with Crippen LogP contribution in [0.3, 0.4) is 0 Å². The molecule has 0 atom stereocenters. The molecule has 0 spiro atoms. The van der Waals surface area contributed by atoms with Crippen LogP contribution in [-0.4, -0.2) is 44.0 Å². The summed E-state index contributed by atoms with van der Waals surface area (Å²) < 4.78 is 11.1. The molecular weight excluding hydrogens is 420 g/mol. The van der Waals surface area contributed by atoms with Crippen LogP contribution in [0.15, 0.2) is 30.5 Å². The number of halogens is 1. The number of carboxylic acids is 1. The average molecular weight is 445 g/mol. The Bertz CT molecular complexity index is 1090. The molecule has 3 rings (SSSR count). The zero-order chi connectivity index (χ0) is 22.8. The van der Waals surface area contributed by atoms with Gasteiger partial charge in [-0.05, 0) is 57.9 Å². The number of rotatable bonds is 8. The van der Waals surface area contributed by atoms with Crippen molar-refractivity contribution in [3.63, 3.8) is 0 Å². The quantitative estimate of drug-likeness (QED) is 0.514. The summed E-state index contributed by atoms with van der Waals surface area (Å²) in [6.45, 7) is 8.96. The van der Waals surface area contributed by atoms with Crippen LogP contribution >= 0.6 is 11.6 Å².